The standard InChI is InChI=1S/C16H22BrN3/c1-4-14-10-16(20(3)19-14)11-15(18-2)9-12-5-7-13(17)8-6-12/h5-8,10,15,18H,4,9,11H2,1-3H3. The second-order valence-electron chi connectivity index (χ2n) is 5.12. The van der Waals surface area contributed by atoms with Crippen LogP contribution in [0.4, 0.5) is 0 Å². The maximum Gasteiger partial charge on any atom is 0.0624 e. The Kier molecular flexibility index (Phi) is 5.38. The van der Waals surface area contributed by atoms with E-state index in [9.17, 15) is 0 Å². The van der Waals surface area contributed by atoms with Crippen LogP contribution in [0.25, 0.3) is 0 Å². The number of hydrogen-bond donors (Lipinski definition) is 1. The van der Waals surface area contributed by atoms with E-state index in [1.807, 2.05) is 18.8 Å². The fourth-order valence-electron chi connectivity index (χ4n) is 2.37. The number of likely N-dealkylation sites (N-methyl/N-ethyl adjacent to an activating group) is 1. The molecule has 2 aromatic rings. The van der Waals surface area contributed by atoms with Crippen LogP contribution in [0.5, 0.6) is 0 Å². The van der Waals surface area contributed by atoms with Crippen LogP contribution >= 0.6 is 15.9 Å². The first-order chi connectivity index (χ1) is 9.62. The molecule has 1 aromatic carbocycles. The molecule has 1 N–H and O–H groups in total. The predicted octanol–water partition coefficient (Wildman–Crippen LogP) is 3.12. The van der Waals surface area contributed by atoms with Crippen LogP contribution in [-0.4, -0.2) is 22.9 Å². The molecule has 108 valence electrons. The van der Waals surface area contributed by atoms with Gasteiger partial charge < -0.3 is 5.32 Å². The van der Waals surface area contributed by atoms with Gasteiger partial charge in [-0.25, -0.2) is 0 Å². The molecule has 1 atom stereocenters. The van der Waals surface area contributed by atoms with E-state index < -0.39 is 0 Å². The van der Waals surface area contributed by atoms with E-state index in [0.717, 1.165) is 23.7 Å². The summed E-state index contributed by atoms with van der Waals surface area (Å²) in [6.45, 7) is 2.14. The molecule has 0 spiro atoms. The van der Waals surface area contributed by atoms with Crippen LogP contribution < -0.4 is 5.32 Å². The number of nitrogens with one attached hydrogen (secondary N) is 1. The van der Waals surface area contributed by atoms with Crippen molar-refractivity contribution in [2.75, 3.05) is 7.05 Å². The molecule has 0 amide bonds. The van der Waals surface area contributed by atoms with E-state index in [4.69, 9.17) is 0 Å². The Labute approximate surface area is 129 Å². The van der Waals surface area contributed by atoms with Crippen LogP contribution in [0.3, 0.4) is 0 Å². The lowest BCUT2D eigenvalue weighted by Gasteiger charge is -2.16. The van der Waals surface area contributed by atoms with Gasteiger partial charge in [0.25, 0.3) is 0 Å². The van der Waals surface area contributed by atoms with Gasteiger partial charge in [0.05, 0.1) is 5.69 Å². The summed E-state index contributed by atoms with van der Waals surface area (Å²) in [5, 5.41) is 7.93. The Morgan fingerprint density at radius 2 is 1.95 bits per heavy atom. The van der Waals surface area contributed by atoms with Crippen molar-refractivity contribution in [2.45, 2.75) is 32.2 Å². The average Bonchev–Trinajstić information content (AvgIpc) is 2.81. The van der Waals surface area contributed by atoms with Gasteiger partial charge in [-0.1, -0.05) is 35.0 Å². The SMILES string of the molecule is CCc1cc(CC(Cc2ccc(Br)cc2)NC)n(C)n1. The second kappa shape index (κ2) is 7.04. The van der Waals surface area contributed by atoms with Crippen molar-refractivity contribution >= 4 is 15.9 Å². The first-order valence-electron chi connectivity index (χ1n) is 7.06. The van der Waals surface area contributed by atoms with E-state index in [2.05, 4.69) is 63.6 Å². The summed E-state index contributed by atoms with van der Waals surface area (Å²) < 4.78 is 3.13. The molecule has 20 heavy (non-hydrogen) atoms. The molecule has 0 fully saturated rings. The van der Waals surface area contributed by atoms with Crippen molar-refractivity contribution in [1.29, 1.82) is 0 Å². The lowest BCUT2D eigenvalue weighted by Crippen LogP contribution is -2.30. The van der Waals surface area contributed by atoms with Crippen LogP contribution in [-0.2, 0) is 26.3 Å². The Hall–Kier alpha value is -1.13. The number of halogens is 1. The molecule has 2 rings (SSSR count). The summed E-state index contributed by atoms with van der Waals surface area (Å²) in [6, 6.07) is 11.2. The van der Waals surface area contributed by atoms with Crippen molar-refractivity contribution in [1.82, 2.24) is 15.1 Å². The zero-order valence-corrected chi connectivity index (χ0v) is 13.9. The molecule has 0 radical (unpaired) electrons. The highest BCUT2D eigenvalue weighted by Gasteiger charge is 2.12. The lowest BCUT2D eigenvalue weighted by molar-refractivity contribution is 0.533. The van der Waals surface area contributed by atoms with E-state index in [0.29, 0.717) is 6.04 Å². The summed E-state index contributed by atoms with van der Waals surface area (Å²) >= 11 is 3.48. The highest BCUT2D eigenvalue weighted by Crippen LogP contribution is 2.14. The van der Waals surface area contributed by atoms with Gasteiger partial charge in [0.1, 0.15) is 0 Å². The fourth-order valence-corrected chi connectivity index (χ4v) is 2.63. The van der Waals surface area contributed by atoms with Gasteiger partial charge in [0, 0.05) is 29.7 Å². The van der Waals surface area contributed by atoms with E-state index in [-0.39, 0.29) is 0 Å². The number of nitrogens with zero attached hydrogens (tertiary/aromatic N) is 2. The minimum atomic E-state index is 0.427. The fraction of sp³-hybridized carbons (Fsp3) is 0.438. The topological polar surface area (TPSA) is 29.9 Å². The monoisotopic (exact) mass is 335 g/mol. The molecule has 1 heterocycles. The maximum absolute atomic E-state index is 4.52. The Balaban J connectivity index is 2.04. The minimum absolute atomic E-state index is 0.427. The zero-order chi connectivity index (χ0) is 14.5. The maximum atomic E-state index is 4.52. The number of hydrogen-bond acceptors (Lipinski definition) is 2. The average molecular weight is 336 g/mol. The van der Waals surface area contributed by atoms with Crippen molar-refractivity contribution in [3.05, 3.63) is 51.8 Å². The van der Waals surface area contributed by atoms with Crippen LogP contribution in [0, 0.1) is 0 Å². The molecular formula is C16H22BrN3. The lowest BCUT2D eigenvalue weighted by atomic mass is 10.0. The van der Waals surface area contributed by atoms with Gasteiger partial charge in [-0.05, 0) is 43.7 Å². The normalized spacial score (nSPS) is 12.6. The third-order valence-electron chi connectivity index (χ3n) is 3.65. The number of aryl methyl sites for hydroxylation is 2. The smallest absolute Gasteiger partial charge is 0.0624 e. The third-order valence-corrected chi connectivity index (χ3v) is 4.18. The zero-order valence-electron chi connectivity index (χ0n) is 12.4. The summed E-state index contributed by atoms with van der Waals surface area (Å²) in [7, 11) is 4.06. The van der Waals surface area contributed by atoms with Gasteiger partial charge in [0.15, 0.2) is 0 Å². The Bertz CT molecular complexity index is 545. The molecule has 3 nitrogen and oxygen atoms in total. The molecule has 0 aliphatic carbocycles. The highest BCUT2D eigenvalue weighted by atomic mass is 79.9. The van der Waals surface area contributed by atoms with Gasteiger partial charge in [-0.15, -0.1) is 0 Å². The van der Waals surface area contributed by atoms with E-state index >= 15 is 0 Å². The Morgan fingerprint density at radius 3 is 2.50 bits per heavy atom. The van der Waals surface area contributed by atoms with Crippen LogP contribution in [0.15, 0.2) is 34.8 Å². The predicted molar refractivity (Wildman–Crippen MR) is 87.0 cm³/mol. The van der Waals surface area contributed by atoms with E-state index in [1.165, 1.54) is 17.0 Å². The van der Waals surface area contributed by atoms with Gasteiger partial charge in [-0.2, -0.15) is 5.10 Å². The Morgan fingerprint density at radius 1 is 1.25 bits per heavy atom. The minimum Gasteiger partial charge on any atom is -0.316 e. The van der Waals surface area contributed by atoms with Crippen molar-refractivity contribution < 1.29 is 0 Å². The first kappa shape index (κ1) is 15.3. The number of benzene rings is 1. The molecule has 0 bridgehead atoms. The summed E-state index contributed by atoms with van der Waals surface area (Å²) in [4.78, 5) is 0. The highest BCUT2D eigenvalue weighted by molar-refractivity contribution is 9.10. The molecule has 0 saturated carbocycles. The first-order valence-corrected chi connectivity index (χ1v) is 7.85. The second-order valence-corrected chi connectivity index (χ2v) is 6.04. The summed E-state index contributed by atoms with van der Waals surface area (Å²) in [5.74, 6) is 0. The van der Waals surface area contributed by atoms with Crippen molar-refractivity contribution in [2.24, 2.45) is 7.05 Å². The number of aromatic nitrogens is 2. The van der Waals surface area contributed by atoms with Gasteiger partial charge in [-0.3, -0.25) is 4.68 Å². The largest absolute Gasteiger partial charge is 0.316 e. The van der Waals surface area contributed by atoms with Crippen LogP contribution in [0.1, 0.15) is 23.9 Å². The number of rotatable bonds is 6. The summed E-state index contributed by atoms with van der Waals surface area (Å²) in [5.41, 5.74) is 3.81. The molecular weight excluding hydrogens is 314 g/mol. The molecule has 1 aromatic heterocycles. The molecule has 1 unspecified atom stereocenters. The van der Waals surface area contributed by atoms with Crippen molar-refractivity contribution in [3.63, 3.8) is 0 Å². The third kappa shape index (κ3) is 3.93. The quantitative estimate of drug-likeness (QED) is 0.878. The van der Waals surface area contributed by atoms with Gasteiger partial charge in [0.2, 0.25) is 0 Å². The molecule has 4 heteroatoms. The van der Waals surface area contributed by atoms with Gasteiger partial charge >= 0.3 is 0 Å². The molecule has 0 aliphatic rings. The summed E-state index contributed by atoms with van der Waals surface area (Å²) in [6.07, 6.45) is 3.01. The molecule has 0 saturated heterocycles. The van der Waals surface area contributed by atoms with Crippen molar-refractivity contribution in [3.8, 4) is 0 Å². The van der Waals surface area contributed by atoms with E-state index in [1.54, 1.807) is 0 Å². The van der Waals surface area contributed by atoms with Crippen LogP contribution in [0.2, 0.25) is 0 Å². The molecule has 0 aliphatic heterocycles.